The van der Waals surface area contributed by atoms with Gasteiger partial charge in [-0.3, -0.25) is 0 Å². The Morgan fingerprint density at radius 1 is 0.300 bits per heavy atom. The minimum Gasteiger partial charge on any atom is -0.208 e. The van der Waals surface area contributed by atoms with Crippen molar-refractivity contribution < 1.29 is 0 Å². The summed E-state index contributed by atoms with van der Waals surface area (Å²) in [6.45, 7) is 0. The van der Waals surface area contributed by atoms with E-state index < -0.39 is 0 Å². The maximum atomic E-state index is 9.78. The van der Waals surface area contributed by atoms with Crippen LogP contribution >= 0.6 is 0 Å². The summed E-state index contributed by atoms with van der Waals surface area (Å²) in [5.74, 6) is 3.34. The van der Waals surface area contributed by atoms with Crippen molar-refractivity contribution in [2.75, 3.05) is 0 Å². The van der Waals surface area contributed by atoms with Gasteiger partial charge in [0, 0.05) is 33.4 Å². The third kappa shape index (κ3) is 6.25. The van der Waals surface area contributed by atoms with Crippen LogP contribution in [0.15, 0.2) is 164 Å². The molecule has 0 aliphatic carbocycles. The van der Waals surface area contributed by atoms with Gasteiger partial charge >= 0.3 is 0 Å². The standard InChI is InChI=1S/C43H27N7/c44-28-36-19-10-11-22-37(36)43-49-40(32-17-8-3-9-18-32)46-41(50-43)33-25-23-29(24-26-33)34-20-12-21-35(27-34)42-47-38(30-13-4-1-5-14-30)45-39(48-42)31-15-6-2-7-16-31/h1-27H. The van der Waals surface area contributed by atoms with Crippen LogP contribution in [-0.2, 0) is 0 Å². The molecule has 50 heavy (non-hydrogen) atoms. The fourth-order valence-electron chi connectivity index (χ4n) is 5.70. The largest absolute Gasteiger partial charge is 0.208 e. The van der Waals surface area contributed by atoms with Gasteiger partial charge < -0.3 is 0 Å². The summed E-state index contributed by atoms with van der Waals surface area (Å²) >= 11 is 0. The Bertz CT molecular complexity index is 2420. The third-order valence-electron chi connectivity index (χ3n) is 8.25. The molecule has 2 aromatic heterocycles. The molecule has 6 aromatic carbocycles. The Morgan fingerprint density at radius 3 is 1.16 bits per heavy atom. The van der Waals surface area contributed by atoms with E-state index in [4.69, 9.17) is 29.9 Å². The van der Waals surface area contributed by atoms with Gasteiger partial charge in [-0.25, -0.2) is 29.9 Å². The van der Waals surface area contributed by atoms with Gasteiger partial charge in [-0.05, 0) is 29.3 Å². The highest BCUT2D eigenvalue weighted by Gasteiger charge is 2.16. The van der Waals surface area contributed by atoms with E-state index in [9.17, 15) is 5.26 Å². The molecule has 8 rings (SSSR count). The van der Waals surface area contributed by atoms with E-state index in [1.165, 1.54) is 0 Å². The number of nitriles is 1. The normalized spacial score (nSPS) is 10.8. The number of rotatable bonds is 7. The first-order valence-corrected chi connectivity index (χ1v) is 16.1. The second-order valence-electron chi connectivity index (χ2n) is 11.5. The molecule has 7 nitrogen and oxygen atoms in total. The topological polar surface area (TPSA) is 101 Å². The summed E-state index contributed by atoms with van der Waals surface area (Å²) < 4.78 is 0. The van der Waals surface area contributed by atoms with Gasteiger partial charge in [0.1, 0.15) is 0 Å². The number of nitrogens with zero attached hydrogens (tertiary/aromatic N) is 7. The zero-order valence-corrected chi connectivity index (χ0v) is 26.7. The van der Waals surface area contributed by atoms with E-state index in [0.29, 0.717) is 46.1 Å². The number of aromatic nitrogens is 6. The lowest BCUT2D eigenvalue weighted by Crippen LogP contribution is -2.01. The molecule has 8 aromatic rings. The summed E-state index contributed by atoms with van der Waals surface area (Å²) in [7, 11) is 0. The van der Waals surface area contributed by atoms with Crippen LogP contribution in [0, 0.1) is 11.3 Å². The highest BCUT2D eigenvalue weighted by atomic mass is 15.0. The molecular weight excluding hydrogens is 615 g/mol. The van der Waals surface area contributed by atoms with Crippen LogP contribution in [-0.4, -0.2) is 29.9 Å². The highest BCUT2D eigenvalue weighted by Crippen LogP contribution is 2.31. The van der Waals surface area contributed by atoms with E-state index in [1.807, 2.05) is 133 Å². The summed E-state index contributed by atoms with van der Waals surface area (Å²) in [6, 6.07) is 55.7. The quantitative estimate of drug-likeness (QED) is 0.171. The highest BCUT2D eigenvalue weighted by molar-refractivity contribution is 5.75. The van der Waals surface area contributed by atoms with Crippen LogP contribution in [0.2, 0.25) is 0 Å². The molecule has 0 saturated carbocycles. The van der Waals surface area contributed by atoms with Gasteiger partial charge in [0.15, 0.2) is 34.9 Å². The van der Waals surface area contributed by atoms with E-state index in [-0.39, 0.29) is 0 Å². The van der Waals surface area contributed by atoms with Crippen molar-refractivity contribution in [3.8, 4) is 85.5 Å². The lowest BCUT2D eigenvalue weighted by atomic mass is 10.0. The fourth-order valence-corrected chi connectivity index (χ4v) is 5.70. The van der Waals surface area contributed by atoms with Crippen LogP contribution < -0.4 is 0 Å². The lowest BCUT2D eigenvalue weighted by Gasteiger charge is -2.11. The van der Waals surface area contributed by atoms with Crippen molar-refractivity contribution in [3.05, 3.63) is 169 Å². The molecule has 0 aliphatic rings. The predicted octanol–water partition coefficient (Wildman–Crippen LogP) is 9.60. The van der Waals surface area contributed by atoms with Crippen molar-refractivity contribution in [1.82, 2.24) is 29.9 Å². The van der Waals surface area contributed by atoms with E-state index in [0.717, 1.165) is 38.9 Å². The average Bonchev–Trinajstić information content (AvgIpc) is 3.21. The van der Waals surface area contributed by atoms with E-state index >= 15 is 0 Å². The van der Waals surface area contributed by atoms with Crippen molar-refractivity contribution in [1.29, 1.82) is 5.26 Å². The van der Waals surface area contributed by atoms with Gasteiger partial charge in [-0.2, -0.15) is 5.26 Å². The van der Waals surface area contributed by atoms with Crippen LogP contribution in [0.25, 0.3) is 79.5 Å². The second-order valence-corrected chi connectivity index (χ2v) is 11.5. The predicted molar refractivity (Wildman–Crippen MR) is 196 cm³/mol. The minimum atomic E-state index is 0.449. The number of benzene rings is 6. The van der Waals surface area contributed by atoms with Crippen molar-refractivity contribution >= 4 is 0 Å². The van der Waals surface area contributed by atoms with Crippen LogP contribution in [0.5, 0.6) is 0 Å². The van der Waals surface area contributed by atoms with Crippen LogP contribution in [0.3, 0.4) is 0 Å². The first-order valence-electron chi connectivity index (χ1n) is 16.1. The van der Waals surface area contributed by atoms with Gasteiger partial charge in [-0.1, -0.05) is 146 Å². The Kier molecular flexibility index (Phi) is 8.16. The lowest BCUT2D eigenvalue weighted by molar-refractivity contribution is 1.07. The number of hydrogen-bond acceptors (Lipinski definition) is 7. The Balaban J connectivity index is 1.17. The maximum absolute atomic E-state index is 9.78. The molecule has 0 bridgehead atoms. The Hall–Kier alpha value is -7.17. The molecule has 0 unspecified atom stereocenters. The summed E-state index contributed by atoms with van der Waals surface area (Å²) in [5, 5.41) is 9.78. The molecule has 0 fully saturated rings. The fraction of sp³-hybridized carbons (Fsp3) is 0. The van der Waals surface area contributed by atoms with E-state index in [1.54, 1.807) is 6.07 Å². The third-order valence-corrected chi connectivity index (χ3v) is 8.25. The summed E-state index contributed by atoms with van der Waals surface area (Å²) in [6.07, 6.45) is 0. The van der Waals surface area contributed by atoms with Gasteiger partial charge in [-0.15, -0.1) is 0 Å². The first-order chi connectivity index (χ1) is 24.7. The second kappa shape index (κ2) is 13.5. The molecule has 7 heteroatoms. The van der Waals surface area contributed by atoms with Gasteiger partial charge in [0.05, 0.1) is 11.6 Å². The molecule has 0 spiro atoms. The Labute approximate surface area is 289 Å². The summed E-state index contributed by atoms with van der Waals surface area (Å²) in [4.78, 5) is 29.1. The molecule has 234 valence electrons. The monoisotopic (exact) mass is 641 g/mol. The first kappa shape index (κ1) is 30.2. The molecule has 0 amide bonds. The van der Waals surface area contributed by atoms with Crippen molar-refractivity contribution in [3.63, 3.8) is 0 Å². The smallest absolute Gasteiger partial charge is 0.165 e. The molecule has 0 N–H and O–H groups in total. The SMILES string of the molecule is N#Cc1ccccc1-c1nc(-c2ccccc2)nc(-c2ccc(-c3cccc(-c4nc(-c5ccccc5)nc(-c5ccccc5)n4)c3)cc2)n1. The summed E-state index contributed by atoms with van der Waals surface area (Å²) in [5.41, 5.74) is 7.62. The molecule has 0 aliphatic heterocycles. The van der Waals surface area contributed by atoms with Crippen molar-refractivity contribution in [2.45, 2.75) is 0 Å². The zero-order valence-electron chi connectivity index (χ0n) is 26.7. The van der Waals surface area contributed by atoms with Gasteiger partial charge in [0.25, 0.3) is 0 Å². The molecule has 0 saturated heterocycles. The number of hydrogen-bond donors (Lipinski definition) is 0. The molecule has 0 atom stereocenters. The molecular formula is C43H27N7. The zero-order chi connectivity index (χ0) is 33.7. The van der Waals surface area contributed by atoms with E-state index in [2.05, 4.69) is 30.3 Å². The minimum absolute atomic E-state index is 0.449. The Morgan fingerprint density at radius 2 is 0.660 bits per heavy atom. The molecule has 2 heterocycles. The van der Waals surface area contributed by atoms with Gasteiger partial charge in [0.2, 0.25) is 0 Å². The molecule has 0 radical (unpaired) electrons. The maximum Gasteiger partial charge on any atom is 0.165 e. The van der Waals surface area contributed by atoms with Crippen molar-refractivity contribution in [2.24, 2.45) is 0 Å². The average molecular weight is 642 g/mol. The van der Waals surface area contributed by atoms with Crippen LogP contribution in [0.1, 0.15) is 5.56 Å². The van der Waals surface area contributed by atoms with Crippen LogP contribution in [0.4, 0.5) is 0 Å².